The molecule has 0 saturated carbocycles. The molecule has 0 unspecified atom stereocenters. The third kappa shape index (κ3) is 2.50. The molecule has 0 atom stereocenters. The molecule has 0 aliphatic rings. The van der Waals surface area contributed by atoms with E-state index in [1.165, 1.54) is 0 Å². The van der Waals surface area contributed by atoms with E-state index in [2.05, 4.69) is 36.6 Å². The fraction of sp³-hybridized carbons (Fsp3) is 0.231. The molecule has 1 aromatic carbocycles. The molecule has 0 bridgehead atoms. The number of hydrogen-bond donors (Lipinski definition) is 1. The average Bonchev–Trinajstić information content (AvgIpc) is 2.90. The largest absolute Gasteiger partial charge is 0.331 e. The van der Waals surface area contributed by atoms with E-state index in [1.807, 2.05) is 36.1 Å². The minimum Gasteiger partial charge on any atom is -0.331 e. The summed E-state index contributed by atoms with van der Waals surface area (Å²) in [6, 6.07) is 8.16. The van der Waals surface area contributed by atoms with E-state index in [0.29, 0.717) is 0 Å². The SMILES string of the molecule is Cn1ccc(CCn2c(=S)[nH]c3ccc(Br)cc32)n1. The molecule has 0 fully saturated rings. The maximum Gasteiger partial charge on any atom is 0.178 e. The molecule has 6 heteroatoms. The van der Waals surface area contributed by atoms with Gasteiger partial charge in [-0.2, -0.15) is 5.10 Å². The van der Waals surface area contributed by atoms with Gasteiger partial charge in [-0.3, -0.25) is 4.68 Å². The average molecular weight is 337 g/mol. The number of aromatic amines is 1. The topological polar surface area (TPSA) is 38.5 Å². The van der Waals surface area contributed by atoms with Gasteiger partial charge in [0.05, 0.1) is 16.7 Å². The van der Waals surface area contributed by atoms with Crippen LogP contribution in [-0.2, 0) is 20.0 Å². The van der Waals surface area contributed by atoms with Crippen molar-refractivity contribution in [3.8, 4) is 0 Å². The Labute approximate surface area is 124 Å². The fourth-order valence-corrected chi connectivity index (χ4v) is 2.82. The van der Waals surface area contributed by atoms with E-state index in [-0.39, 0.29) is 0 Å². The molecule has 0 spiro atoms. The van der Waals surface area contributed by atoms with Gasteiger partial charge in [-0.25, -0.2) is 0 Å². The van der Waals surface area contributed by atoms with E-state index < -0.39 is 0 Å². The predicted molar refractivity (Wildman–Crippen MR) is 81.7 cm³/mol. The lowest BCUT2D eigenvalue weighted by Crippen LogP contribution is -2.02. The van der Waals surface area contributed by atoms with Crippen LogP contribution in [0.3, 0.4) is 0 Å². The number of imidazole rings is 1. The molecule has 19 heavy (non-hydrogen) atoms. The number of rotatable bonds is 3. The normalized spacial score (nSPS) is 11.3. The van der Waals surface area contributed by atoms with Crippen molar-refractivity contribution in [3.05, 3.63) is 45.4 Å². The summed E-state index contributed by atoms with van der Waals surface area (Å²) in [7, 11) is 1.93. The lowest BCUT2D eigenvalue weighted by Gasteiger charge is -2.03. The van der Waals surface area contributed by atoms with Crippen LogP contribution in [0.5, 0.6) is 0 Å². The molecule has 1 N–H and O–H groups in total. The first-order valence-corrected chi connectivity index (χ1v) is 7.20. The van der Waals surface area contributed by atoms with Crippen molar-refractivity contribution >= 4 is 39.2 Å². The summed E-state index contributed by atoms with van der Waals surface area (Å²) < 4.78 is 5.74. The van der Waals surface area contributed by atoms with Gasteiger partial charge in [0.2, 0.25) is 0 Å². The van der Waals surface area contributed by atoms with Crippen LogP contribution in [0.15, 0.2) is 34.9 Å². The number of aryl methyl sites for hydroxylation is 3. The molecule has 0 aliphatic heterocycles. The van der Waals surface area contributed by atoms with E-state index in [0.717, 1.165) is 38.9 Å². The standard InChI is InChI=1S/C13H13BrN4S/c1-17-6-4-10(16-17)5-7-18-12-8-9(14)2-3-11(12)15-13(18)19/h2-4,6,8H,5,7H2,1H3,(H,15,19). The maximum atomic E-state index is 5.38. The van der Waals surface area contributed by atoms with Crippen molar-refractivity contribution in [1.29, 1.82) is 0 Å². The second-order valence-electron chi connectivity index (χ2n) is 4.47. The summed E-state index contributed by atoms with van der Waals surface area (Å²) >= 11 is 8.88. The number of H-pyrrole nitrogens is 1. The first kappa shape index (κ1) is 12.6. The highest BCUT2D eigenvalue weighted by Crippen LogP contribution is 2.20. The number of hydrogen-bond acceptors (Lipinski definition) is 2. The summed E-state index contributed by atoms with van der Waals surface area (Å²) in [6.07, 6.45) is 2.83. The Bertz CT molecular complexity index is 783. The van der Waals surface area contributed by atoms with Crippen molar-refractivity contribution < 1.29 is 0 Å². The van der Waals surface area contributed by atoms with Crippen LogP contribution in [0.2, 0.25) is 0 Å². The van der Waals surface area contributed by atoms with Crippen molar-refractivity contribution in [3.63, 3.8) is 0 Å². The zero-order valence-corrected chi connectivity index (χ0v) is 12.8. The van der Waals surface area contributed by atoms with Gasteiger partial charge in [0.15, 0.2) is 4.77 Å². The highest BCUT2D eigenvalue weighted by molar-refractivity contribution is 9.10. The summed E-state index contributed by atoms with van der Waals surface area (Å²) in [4.78, 5) is 3.23. The first-order chi connectivity index (χ1) is 9.13. The Morgan fingerprint density at radius 2 is 2.21 bits per heavy atom. The van der Waals surface area contributed by atoms with Gasteiger partial charge in [-0.15, -0.1) is 0 Å². The van der Waals surface area contributed by atoms with Crippen LogP contribution < -0.4 is 0 Å². The molecule has 0 saturated heterocycles. The number of benzene rings is 1. The first-order valence-electron chi connectivity index (χ1n) is 6.00. The predicted octanol–water partition coefficient (Wildman–Crippen LogP) is 3.44. The number of aromatic nitrogens is 4. The Balaban J connectivity index is 1.94. The zero-order valence-electron chi connectivity index (χ0n) is 10.4. The molecule has 0 radical (unpaired) electrons. The Kier molecular flexibility index (Phi) is 3.28. The lowest BCUT2D eigenvalue weighted by molar-refractivity contribution is 0.671. The van der Waals surface area contributed by atoms with Crippen LogP contribution in [0, 0.1) is 4.77 Å². The summed E-state index contributed by atoms with van der Waals surface area (Å²) in [5.74, 6) is 0. The minimum absolute atomic E-state index is 0.754. The summed E-state index contributed by atoms with van der Waals surface area (Å²) in [5, 5.41) is 4.39. The molecule has 3 aromatic rings. The Morgan fingerprint density at radius 3 is 2.95 bits per heavy atom. The van der Waals surface area contributed by atoms with E-state index >= 15 is 0 Å². The number of nitrogens with zero attached hydrogens (tertiary/aromatic N) is 3. The fourth-order valence-electron chi connectivity index (χ4n) is 2.17. The van der Waals surface area contributed by atoms with Crippen LogP contribution in [0.1, 0.15) is 5.69 Å². The van der Waals surface area contributed by atoms with Gasteiger partial charge in [0.25, 0.3) is 0 Å². The van der Waals surface area contributed by atoms with Gasteiger partial charge in [-0.1, -0.05) is 15.9 Å². The molecule has 0 aliphatic carbocycles. The minimum atomic E-state index is 0.754. The summed E-state index contributed by atoms with van der Waals surface area (Å²) in [5.41, 5.74) is 3.26. The van der Waals surface area contributed by atoms with Crippen LogP contribution in [-0.4, -0.2) is 19.3 Å². The maximum absolute atomic E-state index is 5.38. The van der Waals surface area contributed by atoms with Gasteiger partial charge >= 0.3 is 0 Å². The molecular formula is C13H13BrN4S. The number of fused-ring (bicyclic) bond motifs is 1. The highest BCUT2D eigenvalue weighted by Gasteiger charge is 2.06. The number of nitrogens with one attached hydrogen (secondary N) is 1. The van der Waals surface area contributed by atoms with Crippen molar-refractivity contribution in [2.45, 2.75) is 13.0 Å². The van der Waals surface area contributed by atoms with Crippen LogP contribution in [0.25, 0.3) is 11.0 Å². The van der Waals surface area contributed by atoms with E-state index in [9.17, 15) is 0 Å². The molecule has 2 aromatic heterocycles. The van der Waals surface area contributed by atoms with Gasteiger partial charge in [-0.05, 0) is 36.5 Å². The smallest absolute Gasteiger partial charge is 0.178 e. The molecule has 4 nitrogen and oxygen atoms in total. The molecular weight excluding hydrogens is 324 g/mol. The van der Waals surface area contributed by atoms with Gasteiger partial charge in [0.1, 0.15) is 0 Å². The quantitative estimate of drug-likeness (QED) is 0.744. The highest BCUT2D eigenvalue weighted by atomic mass is 79.9. The van der Waals surface area contributed by atoms with E-state index in [4.69, 9.17) is 12.2 Å². The Morgan fingerprint density at radius 1 is 1.37 bits per heavy atom. The van der Waals surface area contributed by atoms with Crippen molar-refractivity contribution in [1.82, 2.24) is 19.3 Å². The van der Waals surface area contributed by atoms with Crippen LogP contribution >= 0.6 is 28.1 Å². The summed E-state index contributed by atoms with van der Waals surface area (Å²) in [6.45, 7) is 0.826. The molecule has 98 valence electrons. The molecule has 0 amide bonds. The molecule has 3 rings (SSSR count). The van der Waals surface area contributed by atoms with Gasteiger partial charge in [0, 0.05) is 30.7 Å². The lowest BCUT2D eigenvalue weighted by atomic mass is 10.3. The second-order valence-corrected chi connectivity index (χ2v) is 5.78. The van der Waals surface area contributed by atoms with E-state index in [1.54, 1.807) is 0 Å². The molecule has 2 heterocycles. The Hall–Kier alpha value is -1.40. The van der Waals surface area contributed by atoms with Crippen LogP contribution in [0.4, 0.5) is 0 Å². The van der Waals surface area contributed by atoms with Gasteiger partial charge < -0.3 is 9.55 Å². The number of halogens is 1. The second kappa shape index (κ2) is 4.94. The third-order valence-corrected chi connectivity index (χ3v) is 3.91. The van der Waals surface area contributed by atoms with Crippen molar-refractivity contribution in [2.24, 2.45) is 7.05 Å². The monoisotopic (exact) mass is 336 g/mol. The van der Waals surface area contributed by atoms with Crippen molar-refractivity contribution in [2.75, 3.05) is 0 Å². The zero-order chi connectivity index (χ0) is 13.4. The third-order valence-electron chi connectivity index (χ3n) is 3.10.